The van der Waals surface area contributed by atoms with Crippen molar-refractivity contribution in [2.24, 2.45) is 0 Å². The summed E-state index contributed by atoms with van der Waals surface area (Å²) in [6.45, 7) is 0.877. The van der Waals surface area contributed by atoms with Gasteiger partial charge in [-0.1, -0.05) is 18.2 Å². The molecule has 8 heteroatoms. The third kappa shape index (κ3) is 4.45. The van der Waals surface area contributed by atoms with Crippen LogP contribution in [0.15, 0.2) is 60.7 Å². The van der Waals surface area contributed by atoms with Crippen LogP contribution in [0, 0.1) is 5.82 Å². The molecule has 0 atom stereocenters. The van der Waals surface area contributed by atoms with Gasteiger partial charge in [0, 0.05) is 36.0 Å². The van der Waals surface area contributed by atoms with Crippen molar-refractivity contribution in [1.82, 2.24) is 4.90 Å². The summed E-state index contributed by atoms with van der Waals surface area (Å²) in [5.41, 5.74) is 2.78. The number of benzene rings is 3. The Morgan fingerprint density at radius 2 is 1.88 bits per heavy atom. The molecule has 3 aromatic carbocycles. The molecule has 7 nitrogen and oxygen atoms in total. The molecule has 0 bridgehead atoms. The number of hydrogen-bond donors (Lipinski definition) is 1. The molecule has 0 aliphatic carbocycles. The maximum absolute atomic E-state index is 13.2. The van der Waals surface area contributed by atoms with Crippen molar-refractivity contribution < 1.29 is 28.2 Å². The zero-order valence-electron chi connectivity index (χ0n) is 17.7. The Bertz CT molecular complexity index is 1210. The number of nitrogens with zero attached hydrogens (tertiary/aromatic N) is 1. The van der Waals surface area contributed by atoms with Crippen LogP contribution in [0.1, 0.15) is 21.5 Å². The number of anilines is 1. The van der Waals surface area contributed by atoms with Crippen molar-refractivity contribution in [1.29, 1.82) is 0 Å². The van der Waals surface area contributed by atoms with Crippen LogP contribution in [0.4, 0.5) is 10.1 Å². The highest BCUT2D eigenvalue weighted by Gasteiger charge is 2.27. The normalized spacial score (nSPS) is 14.1. The van der Waals surface area contributed by atoms with Gasteiger partial charge in [-0.3, -0.25) is 9.59 Å². The fourth-order valence-corrected chi connectivity index (χ4v) is 3.95. The van der Waals surface area contributed by atoms with Gasteiger partial charge in [-0.15, -0.1) is 0 Å². The van der Waals surface area contributed by atoms with Crippen LogP contribution < -0.4 is 19.5 Å². The topological polar surface area (TPSA) is 77.1 Å². The van der Waals surface area contributed by atoms with Crippen LogP contribution in [0.2, 0.25) is 0 Å². The summed E-state index contributed by atoms with van der Waals surface area (Å²) in [5, 5.41) is 2.77. The lowest BCUT2D eigenvalue weighted by Crippen LogP contribution is -2.37. The van der Waals surface area contributed by atoms with E-state index < -0.39 is 0 Å². The molecule has 2 aliphatic rings. The highest BCUT2D eigenvalue weighted by atomic mass is 19.1. The van der Waals surface area contributed by atoms with E-state index in [9.17, 15) is 14.0 Å². The number of carbonyl (C=O) groups excluding carboxylic acids is 2. The number of ether oxygens (including phenoxy) is 3. The van der Waals surface area contributed by atoms with Crippen molar-refractivity contribution in [2.75, 3.05) is 25.3 Å². The van der Waals surface area contributed by atoms with E-state index >= 15 is 0 Å². The number of hydrogen-bond acceptors (Lipinski definition) is 5. The summed E-state index contributed by atoms with van der Waals surface area (Å²) in [6.07, 6.45) is 0.599. The summed E-state index contributed by atoms with van der Waals surface area (Å²) < 4.78 is 29.5. The van der Waals surface area contributed by atoms with E-state index in [4.69, 9.17) is 14.2 Å². The molecule has 0 saturated heterocycles. The van der Waals surface area contributed by atoms with E-state index in [-0.39, 0.29) is 31.0 Å². The minimum Gasteiger partial charge on any atom is -0.483 e. The summed E-state index contributed by atoms with van der Waals surface area (Å²) in [7, 11) is 0. The number of carbonyl (C=O) groups is 2. The summed E-state index contributed by atoms with van der Waals surface area (Å²) in [6, 6.07) is 16.5. The smallest absolute Gasteiger partial charge is 0.262 e. The molecule has 0 spiro atoms. The van der Waals surface area contributed by atoms with Gasteiger partial charge in [-0.2, -0.15) is 0 Å². The van der Waals surface area contributed by atoms with Crippen molar-refractivity contribution in [2.45, 2.75) is 13.0 Å². The lowest BCUT2D eigenvalue weighted by atomic mass is 9.97. The standard InChI is InChI=1S/C25H21FN2O5/c26-17-6-4-16(5-7-17)13-28-11-10-19-20(25(28)30)2-1-3-21(19)31-14-24(29)27-18-8-9-22-23(12-18)33-15-32-22/h1-9,12H,10-11,13-15H2,(H,27,29). The van der Waals surface area contributed by atoms with Crippen LogP contribution in [0.3, 0.4) is 0 Å². The average molecular weight is 448 g/mol. The average Bonchev–Trinajstić information content (AvgIpc) is 3.29. The molecule has 1 N–H and O–H groups in total. The first-order chi connectivity index (χ1) is 16.1. The molecule has 33 heavy (non-hydrogen) atoms. The second-order valence-electron chi connectivity index (χ2n) is 7.79. The van der Waals surface area contributed by atoms with Gasteiger partial charge in [0.25, 0.3) is 11.8 Å². The molecule has 0 aromatic heterocycles. The summed E-state index contributed by atoms with van der Waals surface area (Å²) in [4.78, 5) is 27.1. The highest BCUT2D eigenvalue weighted by molar-refractivity contribution is 5.97. The van der Waals surface area contributed by atoms with Crippen molar-refractivity contribution >= 4 is 17.5 Å². The van der Waals surface area contributed by atoms with E-state index in [0.29, 0.717) is 48.0 Å². The van der Waals surface area contributed by atoms with Crippen molar-refractivity contribution in [3.63, 3.8) is 0 Å². The van der Waals surface area contributed by atoms with E-state index in [1.807, 2.05) is 0 Å². The Morgan fingerprint density at radius 3 is 2.73 bits per heavy atom. The SMILES string of the molecule is O=C(COc1cccc2c1CCN(Cc1ccc(F)cc1)C2=O)Nc1ccc2c(c1)OCO2. The molecule has 0 radical (unpaired) electrons. The predicted octanol–water partition coefficient (Wildman–Crippen LogP) is 3.77. The molecule has 3 aromatic rings. The third-order valence-electron chi connectivity index (χ3n) is 5.58. The van der Waals surface area contributed by atoms with E-state index in [1.165, 1.54) is 12.1 Å². The molecule has 5 rings (SSSR count). The van der Waals surface area contributed by atoms with Crippen molar-refractivity contribution in [3.8, 4) is 17.2 Å². The molecule has 0 unspecified atom stereocenters. The lowest BCUT2D eigenvalue weighted by Gasteiger charge is -2.29. The summed E-state index contributed by atoms with van der Waals surface area (Å²) >= 11 is 0. The number of rotatable bonds is 6. The van der Waals surface area contributed by atoms with Gasteiger partial charge < -0.3 is 24.4 Å². The second-order valence-corrected chi connectivity index (χ2v) is 7.79. The second kappa shape index (κ2) is 8.82. The van der Waals surface area contributed by atoms with Crippen molar-refractivity contribution in [3.05, 3.63) is 83.2 Å². The molecule has 2 amide bonds. The molecular formula is C25H21FN2O5. The minimum atomic E-state index is -0.327. The van der Waals surface area contributed by atoms with E-state index in [2.05, 4.69) is 5.32 Å². The van der Waals surface area contributed by atoms with E-state index in [1.54, 1.807) is 53.4 Å². The minimum absolute atomic E-state index is 0.115. The molecule has 2 aliphatic heterocycles. The number of nitrogens with one attached hydrogen (secondary N) is 1. The first kappa shape index (κ1) is 20.8. The Labute approximate surface area is 189 Å². The van der Waals surface area contributed by atoms with Gasteiger partial charge in [0.1, 0.15) is 11.6 Å². The van der Waals surface area contributed by atoms with Crippen LogP contribution >= 0.6 is 0 Å². The fourth-order valence-electron chi connectivity index (χ4n) is 3.95. The van der Waals surface area contributed by atoms with Gasteiger partial charge in [0.05, 0.1) is 0 Å². The number of fused-ring (bicyclic) bond motifs is 2. The lowest BCUT2D eigenvalue weighted by molar-refractivity contribution is -0.118. The van der Waals surface area contributed by atoms with Gasteiger partial charge in [-0.05, 0) is 48.4 Å². The van der Waals surface area contributed by atoms with Gasteiger partial charge in [0.15, 0.2) is 18.1 Å². The quantitative estimate of drug-likeness (QED) is 0.621. The van der Waals surface area contributed by atoms with Gasteiger partial charge >= 0.3 is 0 Å². The van der Waals surface area contributed by atoms with Crippen LogP contribution in [-0.4, -0.2) is 36.7 Å². The maximum atomic E-state index is 13.2. The zero-order chi connectivity index (χ0) is 22.8. The van der Waals surface area contributed by atoms with Crippen LogP contribution in [-0.2, 0) is 17.8 Å². The first-order valence-electron chi connectivity index (χ1n) is 10.5. The molecular weight excluding hydrogens is 427 g/mol. The van der Waals surface area contributed by atoms with Crippen LogP contribution in [0.25, 0.3) is 0 Å². The highest BCUT2D eigenvalue weighted by Crippen LogP contribution is 2.34. The maximum Gasteiger partial charge on any atom is 0.262 e. The monoisotopic (exact) mass is 448 g/mol. The third-order valence-corrected chi connectivity index (χ3v) is 5.58. The molecule has 0 fully saturated rings. The summed E-state index contributed by atoms with van der Waals surface area (Å²) in [5.74, 6) is 0.983. The van der Waals surface area contributed by atoms with E-state index in [0.717, 1.165) is 11.1 Å². The zero-order valence-corrected chi connectivity index (χ0v) is 17.7. The Morgan fingerprint density at radius 1 is 1.06 bits per heavy atom. The largest absolute Gasteiger partial charge is 0.483 e. The number of halogens is 1. The molecule has 2 heterocycles. The van der Waals surface area contributed by atoms with Crippen LogP contribution in [0.5, 0.6) is 17.2 Å². The number of amides is 2. The Hall–Kier alpha value is -4.07. The van der Waals surface area contributed by atoms with Gasteiger partial charge in [-0.25, -0.2) is 4.39 Å². The molecule has 0 saturated carbocycles. The first-order valence-corrected chi connectivity index (χ1v) is 10.5. The molecule has 168 valence electrons. The Balaban J connectivity index is 1.23. The van der Waals surface area contributed by atoms with Gasteiger partial charge in [0.2, 0.25) is 6.79 Å². The fraction of sp³-hybridized carbons (Fsp3) is 0.200. The predicted molar refractivity (Wildman–Crippen MR) is 118 cm³/mol. The Kier molecular flexibility index (Phi) is 5.56.